The molecule has 39 heavy (non-hydrogen) atoms. The second-order valence-electron chi connectivity index (χ2n) is 14.1. The van der Waals surface area contributed by atoms with Crippen LogP contribution >= 0.6 is 28.5 Å². The third-order valence-corrected chi connectivity index (χ3v) is 10.2. The van der Waals surface area contributed by atoms with E-state index in [1.165, 1.54) is 60.8 Å². The van der Waals surface area contributed by atoms with Crippen LogP contribution in [0.4, 0.5) is 0 Å². The molecule has 0 saturated heterocycles. The van der Waals surface area contributed by atoms with Crippen LogP contribution < -0.4 is 0 Å². The van der Waals surface area contributed by atoms with Crippen molar-refractivity contribution in [2.24, 2.45) is 33.7 Å². The fourth-order valence-corrected chi connectivity index (χ4v) is 7.51. The quantitative estimate of drug-likeness (QED) is 0.107. The van der Waals surface area contributed by atoms with E-state index in [0.717, 1.165) is 38.9 Å². The molecule has 2 rings (SSSR count). The van der Waals surface area contributed by atoms with Gasteiger partial charge in [0.1, 0.15) is 0 Å². The van der Waals surface area contributed by atoms with Crippen LogP contribution in [0.3, 0.4) is 0 Å². The first kappa shape index (κ1) is 38.2. The predicted octanol–water partition coefficient (Wildman–Crippen LogP) is 10.5. The summed E-state index contributed by atoms with van der Waals surface area (Å²) in [5.74, 6) is 2.63. The van der Waals surface area contributed by atoms with Crippen molar-refractivity contribution < 1.29 is 19.7 Å². The molecule has 0 heterocycles. The second kappa shape index (κ2) is 19.4. The van der Waals surface area contributed by atoms with Crippen molar-refractivity contribution >= 4 is 56.5 Å². The molecule has 4 unspecified atom stereocenters. The Bertz CT molecular complexity index is 663. The summed E-state index contributed by atoms with van der Waals surface area (Å²) in [5, 5.41) is 0. The van der Waals surface area contributed by atoms with Crippen molar-refractivity contribution in [1.82, 2.24) is 0 Å². The van der Waals surface area contributed by atoms with Gasteiger partial charge in [-0.15, -0.1) is 0 Å². The van der Waals surface area contributed by atoms with Crippen molar-refractivity contribution in [3.63, 3.8) is 0 Å². The van der Waals surface area contributed by atoms with Crippen molar-refractivity contribution in [2.75, 3.05) is 13.2 Å². The first-order valence-electron chi connectivity index (χ1n) is 15.4. The molecule has 4 nitrogen and oxygen atoms in total. The van der Waals surface area contributed by atoms with Gasteiger partial charge in [-0.05, 0) is 114 Å². The van der Waals surface area contributed by atoms with Crippen molar-refractivity contribution in [3.05, 3.63) is 0 Å². The Morgan fingerprint density at radius 1 is 0.641 bits per heavy atom. The molecule has 0 aromatic carbocycles. The molecule has 2 aliphatic rings. The van der Waals surface area contributed by atoms with Gasteiger partial charge in [-0.3, -0.25) is 9.98 Å². The Morgan fingerprint density at radius 3 is 1.18 bits per heavy atom. The molecule has 2 aliphatic carbocycles. The van der Waals surface area contributed by atoms with Crippen LogP contribution in [-0.2, 0) is 19.7 Å². The van der Waals surface area contributed by atoms with Gasteiger partial charge in [0.05, 0.1) is 23.5 Å². The molecule has 0 radical (unpaired) electrons. The molecule has 4 atom stereocenters. The van der Waals surface area contributed by atoms with Gasteiger partial charge in [-0.1, -0.05) is 40.5 Å². The fourth-order valence-electron chi connectivity index (χ4n) is 6.00. The Hall–Kier alpha value is 1.15. The molecule has 0 bridgehead atoms. The summed E-state index contributed by atoms with van der Waals surface area (Å²) >= 11 is 6.00. The van der Waals surface area contributed by atoms with Gasteiger partial charge in [0, 0.05) is 13.2 Å². The topological polar surface area (TPSA) is 43.2 Å². The summed E-state index contributed by atoms with van der Waals surface area (Å²) in [6.07, 6.45) is 12.0. The summed E-state index contributed by atoms with van der Waals surface area (Å²) in [7, 11) is -1.75. The minimum absolute atomic E-state index is 0.427. The predicted molar refractivity (Wildman–Crippen MR) is 182 cm³/mol. The van der Waals surface area contributed by atoms with Crippen LogP contribution in [0.2, 0.25) is 39.3 Å². The molecule has 0 spiro atoms. The Balaban J connectivity index is 0.00000242. The van der Waals surface area contributed by atoms with E-state index in [4.69, 9.17) is 18.8 Å². The van der Waals surface area contributed by atoms with Crippen LogP contribution in [0.15, 0.2) is 9.98 Å². The maximum absolute atomic E-state index is 6.24. The van der Waals surface area contributed by atoms with E-state index in [9.17, 15) is 0 Å². The summed E-state index contributed by atoms with van der Waals surface area (Å²) in [4.78, 5) is 11.2. The van der Waals surface area contributed by atoms with Crippen LogP contribution in [-0.4, -0.2) is 53.4 Å². The Morgan fingerprint density at radius 2 is 0.923 bits per heavy atom. The van der Waals surface area contributed by atoms with Crippen molar-refractivity contribution in [1.29, 1.82) is 0 Å². The zero-order chi connectivity index (χ0) is 29.6. The average molecular weight is 755 g/mol. The van der Waals surface area contributed by atoms with E-state index in [2.05, 4.69) is 95.4 Å². The van der Waals surface area contributed by atoms with E-state index < -0.39 is 16.6 Å². The molecular formula is C30H60Br2N2NiO2Si2. The van der Waals surface area contributed by atoms with Crippen LogP contribution in [0.5, 0.6) is 0 Å². The Labute approximate surface area is 264 Å². The zero-order valence-electron chi connectivity index (χ0n) is 26.7. The number of halogens is 2. The summed E-state index contributed by atoms with van der Waals surface area (Å²) in [6, 6.07) is 0.854. The first-order chi connectivity index (χ1) is 18.2. The third kappa shape index (κ3) is 16.5. The van der Waals surface area contributed by atoms with Gasteiger partial charge in [0.25, 0.3) is 0 Å². The molecule has 0 amide bonds. The molecule has 2 fully saturated rings. The summed E-state index contributed by atoms with van der Waals surface area (Å²) in [5.41, 5.74) is 2.58. The molecule has 0 aromatic heterocycles. The monoisotopic (exact) mass is 752 g/mol. The average Bonchev–Trinajstić information content (AvgIpc) is 2.81. The van der Waals surface area contributed by atoms with Crippen molar-refractivity contribution in [3.8, 4) is 0 Å². The summed E-state index contributed by atoms with van der Waals surface area (Å²) in [6.45, 7) is 25.0. The standard InChI is InChI=1S/C30H60N2O2Si2.2BrH.Ni/c1-23-15-11-16-24(2)29(23)31-27(19-13-21-33-35(5,6)7)28(20-14-22-34-36(8,9)10)32-30-25(3)17-12-18-26(30)4;;;/h23-26,29-30H,11-22H2,1-10H3;2*1H;/q;;;+2/p-2. The normalized spacial score (nSPS) is 29.2. The molecule has 0 aliphatic heterocycles. The van der Waals surface area contributed by atoms with E-state index in [0.29, 0.717) is 35.8 Å². The third-order valence-electron chi connectivity index (χ3n) is 8.10. The van der Waals surface area contributed by atoms with Gasteiger partial charge < -0.3 is 8.85 Å². The Kier molecular flexibility index (Phi) is 19.0. The number of hydrogen-bond acceptors (Lipinski definition) is 4. The van der Waals surface area contributed by atoms with Crippen LogP contribution in [0.1, 0.15) is 91.9 Å². The van der Waals surface area contributed by atoms with Gasteiger partial charge in [0.2, 0.25) is 0 Å². The first-order valence-corrected chi connectivity index (χ1v) is 27.1. The number of aliphatic imine (C=N–C) groups is 2. The van der Waals surface area contributed by atoms with Gasteiger partial charge in [0.15, 0.2) is 16.6 Å². The molecule has 9 heteroatoms. The SMILES string of the molecule is CC1CCCC(C)C1N=C(CCCO[Si](C)(C)C)C(CCCO[Si](C)(C)C)=NC1C(C)CCCC1C.[Br][Ni][Br]. The number of nitrogens with zero attached hydrogens (tertiary/aromatic N) is 2. The van der Waals surface area contributed by atoms with Gasteiger partial charge >= 0.3 is 39.3 Å². The number of rotatable bonds is 13. The van der Waals surface area contributed by atoms with E-state index >= 15 is 0 Å². The minimum atomic E-state index is -1.50. The molecule has 234 valence electrons. The second-order valence-corrected chi connectivity index (χ2v) is 28.1. The molecule has 2 saturated carbocycles. The fraction of sp³-hybridized carbons (Fsp3) is 0.933. The summed E-state index contributed by atoms with van der Waals surface area (Å²) < 4.78 is 12.5. The van der Waals surface area contributed by atoms with Crippen LogP contribution in [0, 0.1) is 23.7 Å². The van der Waals surface area contributed by atoms with Gasteiger partial charge in [-0.2, -0.15) is 0 Å². The van der Waals surface area contributed by atoms with Gasteiger partial charge in [-0.25, -0.2) is 0 Å². The van der Waals surface area contributed by atoms with E-state index in [-0.39, 0.29) is 0 Å². The van der Waals surface area contributed by atoms with Crippen molar-refractivity contribution in [2.45, 2.75) is 143 Å². The zero-order valence-corrected chi connectivity index (χ0v) is 32.9. The molecule has 0 aromatic rings. The number of hydrogen-bond donors (Lipinski definition) is 0. The van der Waals surface area contributed by atoms with E-state index in [1.807, 2.05) is 0 Å². The van der Waals surface area contributed by atoms with Crippen LogP contribution in [0.25, 0.3) is 0 Å². The van der Waals surface area contributed by atoms with E-state index in [1.54, 1.807) is 0 Å². The molecular weight excluding hydrogens is 695 g/mol. The maximum atomic E-state index is 6.24. The molecule has 0 N–H and O–H groups in total.